The molecule has 42 valence electrons. The average Bonchev–Trinajstić information content (AvgIpc) is 1.98. The van der Waals surface area contributed by atoms with Crippen LogP contribution in [0.1, 0.15) is 0 Å². The maximum atomic E-state index is 10.4. The summed E-state index contributed by atoms with van der Waals surface area (Å²) in [6.45, 7) is 3.35. The standard InChI is InChI=1S/C6H6O2/c1-4-5(7)2-3-6(4)8/h2-3,5,7H,1H2/t5-/m1/s1. The molecule has 0 saturated heterocycles. The van der Waals surface area contributed by atoms with Crippen molar-refractivity contribution in [3.8, 4) is 0 Å². The molecule has 0 heterocycles. The molecule has 0 bridgehead atoms. The fourth-order valence-corrected chi connectivity index (χ4v) is 0.547. The maximum Gasteiger partial charge on any atom is 0.183 e. The topological polar surface area (TPSA) is 37.3 Å². The molecular weight excluding hydrogens is 104 g/mol. The number of carbonyl (C=O) groups excluding carboxylic acids is 1. The van der Waals surface area contributed by atoms with E-state index in [4.69, 9.17) is 5.11 Å². The first-order chi connectivity index (χ1) is 3.72. The first-order valence-corrected chi connectivity index (χ1v) is 2.31. The lowest BCUT2D eigenvalue weighted by Crippen LogP contribution is -2.04. The highest BCUT2D eigenvalue weighted by Crippen LogP contribution is 2.10. The number of ketones is 1. The van der Waals surface area contributed by atoms with Crippen LogP contribution in [-0.2, 0) is 4.79 Å². The summed E-state index contributed by atoms with van der Waals surface area (Å²) < 4.78 is 0. The Balaban J connectivity index is 2.85. The molecule has 0 radical (unpaired) electrons. The molecule has 1 N–H and O–H groups in total. The number of hydrogen-bond donors (Lipinski definition) is 1. The van der Waals surface area contributed by atoms with Crippen molar-refractivity contribution in [3.63, 3.8) is 0 Å². The van der Waals surface area contributed by atoms with Crippen molar-refractivity contribution in [1.82, 2.24) is 0 Å². The maximum absolute atomic E-state index is 10.4. The molecule has 8 heavy (non-hydrogen) atoms. The lowest BCUT2D eigenvalue weighted by Gasteiger charge is -1.94. The van der Waals surface area contributed by atoms with E-state index < -0.39 is 6.10 Å². The number of hydrogen-bond acceptors (Lipinski definition) is 2. The van der Waals surface area contributed by atoms with Gasteiger partial charge in [-0.1, -0.05) is 6.58 Å². The summed E-state index contributed by atoms with van der Waals surface area (Å²) in [6, 6.07) is 0. The Bertz CT molecular complexity index is 167. The van der Waals surface area contributed by atoms with E-state index in [2.05, 4.69) is 6.58 Å². The highest BCUT2D eigenvalue weighted by Gasteiger charge is 2.16. The molecule has 2 heteroatoms. The summed E-state index contributed by atoms with van der Waals surface area (Å²) >= 11 is 0. The van der Waals surface area contributed by atoms with E-state index in [1.807, 2.05) is 0 Å². The van der Waals surface area contributed by atoms with E-state index >= 15 is 0 Å². The minimum atomic E-state index is -0.734. The van der Waals surface area contributed by atoms with Crippen LogP contribution in [0.5, 0.6) is 0 Å². The molecule has 1 aliphatic carbocycles. The second kappa shape index (κ2) is 1.56. The summed E-state index contributed by atoms with van der Waals surface area (Å²) in [7, 11) is 0. The zero-order valence-corrected chi connectivity index (χ0v) is 4.29. The van der Waals surface area contributed by atoms with Gasteiger partial charge in [0.1, 0.15) is 6.10 Å². The van der Waals surface area contributed by atoms with Gasteiger partial charge in [-0.3, -0.25) is 4.79 Å². The van der Waals surface area contributed by atoms with E-state index in [1.54, 1.807) is 0 Å². The van der Waals surface area contributed by atoms with E-state index in [1.165, 1.54) is 12.2 Å². The summed E-state index contributed by atoms with van der Waals surface area (Å²) in [5.41, 5.74) is 0.269. The molecule has 0 aromatic carbocycles. The van der Waals surface area contributed by atoms with Gasteiger partial charge in [0.2, 0.25) is 0 Å². The van der Waals surface area contributed by atoms with Crippen LogP contribution in [-0.4, -0.2) is 17.0 Å². The van der Waals surface area contributed by atoms with Crippen molar-refractivity contribution in [3.05, 3.63) is 24.3 Å². The fraction of sp³-hybridized carbons (Fsp3) is 0.167. The fourth-order valence-electron chi connectivity index (χ4n) is 0.547. The third-order valence-electron chi connectivity index (χ3n) is 1.10. The molecule has 0 aliphatic heterocycles. The molecule has 0 aromatic heterocycles. The Morgan fingerprint density at radius 1 is 1.75 bits per heavy atom. The van der Waals surface area contributed by atoms with Gasteiger partial charge in [-0.25, -0.2) is 0 Å². The molecule has 2 nitrogen and oxygen atoms in total. The zero-order chi connectivity index (χ0) is 6.15. The van der Waals surface area contributed by atoms with Gasteiger partial charge in [-0.05, 0) is 12.2 Å². The summed E-state index contributed by atoms with van der Waals surface area (Å²) in [4.78, 5) is 10.4. The van der Waals surface area contributed by atoms with Gasteiger partial charge in [0.05, 0.1) is 0 Å². The van der Waals surface area contributed by atoms with E-state index in [0.717, 1.165) is 0 Å². The third kappa shape index (κ3) is 0.589. The molecule has 0 spiro atoms. The van der Waals surface area contributed by atoms with Crippen LogP contribution in [0.2, 0.25) is 0 Å². The van der Waals surface area contributed by atoms with Gasteiger partial charge in [-0.2, -0.15) is 0 Å². The number of rotatable bonds is 0. The zero-order valence-electron chi connectivity index (χ0n) is 4.29. The Labute approximate surface area is 47.1 Å². The summed E-state index contributed by atoms with van der Waals surface area (Å²) in [5.74, 6) is -0.169. The molecule has 0 unspecified atom stereocenters. The first-order valence-electron chi connectivity index (χ1n) is 2.31. The molecule has 0 fully saturated rings. The predicted molar refractivity (Wildman–Crippen MR) is 29.3 cm³/mol. The van der Waals surface area contributed by atoms with Crippen LogP contribution < -0.4 is 0 Å². The number of aliphatic hydroxyl groups is 1. The van der Waals surface area contributed by atoms with Crippen LogP contribution in [0.15, 0.2) is 24.3 Å². The van der Waals surface area contributed by atoms with Crippen molar-refractivity contribution in [2.45, 2.75) is 6.10 Å². The highest BCUT2D eigenvalue weighted by atomic mass is 16.3. The smallest absolute Gasteiger partial charge is 0.183 e. The quantitative estimate of drug-likeness (QED) is 0.447. The molecule has 0 amide bonds. The summed E-state index contributed by atoms with van der Waals surface area (Å²) in [5, 5.41) is 8.76. The Morgan fingerprint density at radius 3 is 2.50 bits per heavy atom. The van der Waals surface area contributed by atoms with Crippen molar-refractivity contribution in [2.24, 2.45) is 0 Å². The van der Waals surface area contributed by atoms with Crippen LogP contribution in [0.3, 0.4) is 0 Å². The van der Waals surface area contributed by atoms with Crippen LogP contribution in [0.25, 0.3) is 0 Å². The minimum Gasteiger partial charge on any atom is -0.384 e. The highest BCUT2D eigenvalue weighted by molar-refractivity contribution is 6.07. The molecule has 1 atom stereocenters. The monoisotopic (exact) mass is 110 g/mol. The second-order valence-electron chi connectivity index (χ2n) is 1.69. The SMILES string of the molecule is C=C1C(=O)C=C[C@H]1O. The molecular formula is C6H6O2. The molecule has 1 rings (SSSR count). The lowest BCUT2D eigenvalue weighted by molar-refractivity contribution is -0.111. The van der Waals surface area contributed by atoms with Crippen molar-refractivity contribution in [1.29, 1.82) is 0 Å². The van der Waals surface area contributed by atoms with Crippen LogP contribution >= 0.6 is 0 Å². The van der Waals surface area contributed by atoms with Gasteiger partial charge >= 0.3 is 0 Å². The van der Waals surface area contributed by atoms with Crippen molar-refractivity contribution < 1.29 is 9.90 Å². The Hall–Kier alpha value is -0.890. The number of carbonyl (C=O) groups is 1. The Kier molecular flexibility index (Phi) is 1.02. The molecule has 1 aliphatic rings. The van der Waals surface area contributed by atoms with E-state index in [9.17, 15) is 4.79 Å². The van der Waals surface area contributed by atoms with E-state index in [-0.39, 0.29) is 11.4 Å². The van der Waals surface area contributed by atoms with Gasteiger partial charge in [0.15, 0.2) is 5.78 Å². The normalized spacial score (nSPS) is 27.4. The first kappa shape index (κ1) is 5.25. The lowest BCUT2D eigenvalue weighted by atomic mass is 10.2. The van der Waals surface area contributed by atoms with Gasteiger partial charge in [-0.15, -0.1) is 0 Å². The second-order valence-corrected chi connectivity index (χ2v) is 1.69. The Morgan fingerprint density at radius 2 is 2.38 bits per heavy atom. The summed E-state index contributed by atoms with van der Waals surface area (Å²) in [6.07, 6.45) is 2.01. The number of aliphatic hydroxyl groups excluding tert-OH is 1. The average molecular weight is 110 g/mol. The molecule has 0 saturated carbocycles. The number of allylic oxidation sites excluding steroid dienone is 1. The predicted octanol–water partition coefficient (Wildman–Crippen LogP) is 0.0424. The van der Waals surface area contributed by atoms with E-state index in [0.29, 0.717) is 0 Å². The van der Waals surface area contributed by atoms with Crippen LogP contribution in [0.4, 0.5) is 0 Å². The third-order valence-corrected chi connectivity index (χ3v) is 1.10. The largest absolute Gasteiger partial charge is 0.384 e. The van der Waals surface area contributed by atoms with Gasteiger partial charge < -0.3 is 5.11 Å². The van der Waals surface area contributed by atoms with Crippen LogP contribution in [0, 0.1) is 0 Å². The van der Waals surface area contributed by atoms with Crippen molar-refractivity contribution in [2.75, 3.05) is 0 Å². The van der Waals surface area contributed by atoms with Gasteiger partial charge in [0, 0.05) is 5.57 Å². The van der Waals surface area contributed by atoms with Crippen molar-refractivity contribution >= 4 is 5.78 Å². The van der Waals surface area contributed by atoms with Gasteiger partial charge in [0.25, 0.3) is 0 Å². The minimum absolute atomic E-state index is 0.169. The molecule has 0 aromatic rings.